The first-order valence-electron chi connectivity index (χ1n) is 2.20. The number of rotatable bonds is 3. The van der Waals surface area contributed by atoms with E-state index in [-0.39, 0.29) is 29.6 Å². The first-order valence-corrected chi connectivity index (χ1v) is 3.80. The quantitative estimate of drug-likeness (QED) is 0.339. The Morgan fingerprint density at radius 2 is 1.80 bits per heavy atom. The van der Waals surface area contributed by atoms with E-state index in [9.17, 15) is 8.42 Å². The van der Waals surface area contributed by atoms with Crippen LogP contribution in [0.15, 0.2) is 0 Å². The molecule has 1 atom stereocenters. The van der Waals surface area contributed by atoms with Crippen LogP contribution in [-0.2, 0) is 10.1 Å². The maximum absolute atomic E-state index is 9.88. The minimum Gasteiger partial charge on any atom is -0.394 e. The van der Waals surface area contributed by atoms with Gasteiger partial charge in [-0.1, -0.05) is 0 Å². The molecule has 0 aromatic heterocycles. The fourth-order valence-corrected chi connectivity index (χ4v) is 0.887. The van der Waals surface area contributed by atoms with Gasteiger partial charge in [-0.05, 0) is 0 Å². The summed E-state index contributed by atoms with van der Waals surface area (Å²) < 4.78 is 27.8. The zero-order chi connectivity index (χ0) is 7.49. The fourth-order valence-electron chi connectivity index (χ4n) is 0.296. The average molecular weight is 179 g/mol. The van der Waals surface area contributed by atoms with E-state index in [0.29, 0.717) is 0 Å². The first kappa shape index (κ1) is 13.4. The van der Waals surface area contributed by atoms with Crippen molar-refractivity contribution in [3.63, 3.8) is 0 Å². The van der Waals surface area contributed by atoms with Crippen LogP contribution >= 0.6 is 0 Å². The summed E-state index contributed by atoms with van der Waals surface area (Å²) in [5, 5.41) is 16.5. The van der Waals surface area contributed by atoms with Crippen molar-refractivity contribution < 1.29 is 23.2 Å². The zero-order valence-corrected chi connectivity index (χ0v) is 8.37. The molecule has 5 nitrogen and oxygen atoms in total. The molecule has 0 rings (SSSR count). The molecule has 0 aliphatic heterocycles. The molecule has 1 radical (unpaired) electrons. The second kappa shape index (κ2) is 5.48. The molecule has 0 aromatic carbocycles. The smallest absolute Gasteiger partial charge is 0.267 e. The molecule has 10 heavy (non-hydrogen) atoms. The van der Waals surface area contributed by atoms with Crippen LogP contribution < -0.4 is 0 Å². The summed E-state index contributed by atoms with van der Waals surface area (Å²) in [6, 6.07) is 0. The van der Waals surface area contributed by atoms with Gasteiger partial charge in [0.2, 0.25) is 0 Å². The normalized spacial score (nSPS) is 13.9. The van der Waals surface area contributed by atoms with Gasteiger partial charge in [-0.3, -0.25) is 4.55 Å². The summed E-state index contributed by atoms with van der Waals surface area (Å²) in [6.07, 6.45) is -1.39. The standard InChI is InChI=1S/C3H8O5S.Na/c4-1-3(5)2-9(6,7)8;/h3-5H,1-2H2,(H,6,7,8);. The number of aliphatic hydroxyl groups is 2. The third kappa shape index (κ3) is 8.83. The molecule has 0 aliphatic rings. The first-order chi connectivity index (χ1) is 3.95. The molecule has 1 unspecified atom stereocenters. The van der Waals surface area contributed by atoms with Crippen molar-refractivity contribution in [2.24, 2.45) is 0 Å². The van der Waals surface area contributed by atoms with Gasteiger partial charge in [0.15, 0.2) is 0 Å². The molecule has 0 aliphatic carbocycles. The van der Waals surface area contributed by atoms with Gasteiger partial charge in [-0.2, -0.15) is 8.42 Å². The van der Waals surface area contributed by atoms with E-state index in [4.69, 9.17) is 14.8 Å². The molecular formula is C3H8NaO5S. The van der Waals surface area contributed by atoms with E-state index >= 15 is 0 Å². The van der Waals surface area contributed by atoms with E-state index in [0.717, 1.165) is 0 Å². The van der Waals surface area contributed by atoms with Gasteiger partial charge < -0.3 is 10.2 Å². The topological polar surface area (TPSA) is 94.8 Å². The van der Waals surface area contributed by atoms with Gasteiger partial charge in [0.1, 0.15) is 5.75 Å². The Labute approximate surface area is 81.1 Å². The molecule has 0 saturated heterocycles. The molecular weight excluding hydrogens is 171 g/mol. The van der Waals surface area contributed by atoms with Crippen molar-refractivity contribution in [1.29, 1.82) is 0 Å². The van der Waals surface area contributed by atoms with Crippen LogP contribution in [0.5, 0.6) is 0 Å². The van der Waals surface area contributed by atoms with E-state index in [1.807, 2.05) is 0 Å². The number of aliphatic hydroxyl groups excluding tert-OH is 2. The van der Waals surface area contributed by atoms with Crippen LogP contribution in [0.25, 0.3) is 0 Å². The second-order valence-corrected chi connectivity index (χ2v) is 3.08. The maximum atomic E-state index is 9.88. The largest absolute Gasteiger partial charge is 0.394 e. The van der Waals surface area contributed by atoms with Crippen molar-refractivity contribution in [3.8, 4) is 0 Å². The van der Waals surface area contributed by atoms with E-state index in [1.54, 1.807) is 0 Å². The molecule has 0 amide bonds. The molecule has 7 heteroatoms. The van der Waals surface area contributed by atoms with Crippen molar-refractivity contribution in [3.05, 3.63) is 0 Å². The van der Waals surface area contributed by atoms with E-state index in [1.165, 1.54) is 0 Å². The van der Waals surface area contributed by atoms with Gasteiger partial charge >= 0.3 is 0 Å². The minimum absolute atomic E-state index is 0. The Morgan fingerprint density at radius 3 is 1.90 bits per heavy atom. The Morgan fingerprint density at radius 1 is 1.40 bits per heavy atom. The second-order valence-electron chi connectivity index (χ2n) is 1.58. The molecule has 0 spiro atoms. The Balaban J connectivity index is 0. The predicted octanol–water partition coefficient (Wildman–Crippen LogP) is -2.15. The monoisotopic (exact) mass is 179 g/mol. The zero-order valence-electron chi connectivity index (χ0n) is 5.56. The molecule has 0 aromatic rings. The minimum atomic E-state index is -4.15. The van der Waals surface area contributed by atoms with Crippen molar-refractivity contribution >= 4 is 39.7 Å². The van der Waals surface area contributed by atoms with Crippen LogP contribution in [-0.4, -0.2) is 71.2 Å². The predicted molar refractivity (Wildman–Crippen MR) is 35.3 cm³/mol. The van der Waals surface area contributed by atoms with Crippen LogP contribution in [0.2, 0.25) is 0 Å². The van der Waals surface area contributed by atoms with Gasteiger partial charge in [0.25, 0.3) is 10.1 Å². The molecule has 0 heterocycles. The van der Waals surface area contributed by atoms with Crippen LogP contribution in [0.1, 0.15) is 0 Å². The summed E-state index contributed by atoms with van der Waals surface area (Å²) >= 11 is 0. The third-order valence-corrected chi connectivity index (χ3v) is 1.42. The fraction of sp³-hybridized carbons (Fsp3) is 1.00. The van der Waals surface area contributed by atoms with E-state index < -0.39 is 28.6 Å². The van der Waals surface area contributed by atoms with Crippen LogP contribution in [0.3, 0.4) is 0 Å². The summed E-state index contributed by atoms with van der Waals surface area (Å²) in [5.41, 5.74) is 0. The van der Waals surface area contributed by atoms with Crippen LogP contribution in [0.4, 0.5) is 0 Å². The Bertz CT molecular complexity index is 164. The molecule has 57 valence electrons. The average Bonchev–Trinajstić information content (AvgIpc) is 1.62. The van der Waals surface area contributed by atoms with Gasteiger partial charge in [0, 0.05) is 29.6 Å². The summed E-state index contributed by atoms with van der Waals surface area (Å²) in [7, 11) is -4.15. The number of hydrogen-bond donors (Lipinski definition) is 3. The van der Waals surface area contributed by atoms with Gasteiger partial charge in [-0.15, -0.1) is 0 Å². The maximum Gasteiger partial charge on any atom is 0.267 e. The Hall–Kier alpha value is 0.830. The number of hydrogen-bond acceptors (Lipinski definition) is 4. The summed E-state index contributed by atoms with van der Waals surface area (Å²) in [6.45, 7) is -0.667. The van der Waals surface area contributed by atoms with Crippen molar-refractivity contribution in [2.45, 2.75) is 6.10 Å². The van der Waals surface area contributed by atoms with E-state index in [2.05, 4.69) is 0 Å². The SMILES string of the molecule is O=S(=O)(O)CC(O)CO.[Na]. The Kier molecular flexibility index (Phi) is 7.35. The molecule has 0 bridgehead atoms. The molecule has 0 fully saturated rings. The molecule has 3 N–H and O–H groups in total. The third-order valence-electron chi connectivity index (χ3n) is 0.614. The van der Waals surface area contributed by atoms with Crippen LogP contribution in [0, 0.1) is 0 Å². The molecule has 0 saturated carbocycles. The van der Waals surface area contributed by atoms with Gasteiger partial charge in [-0.25, -0.2) is 0 Å². The summed E-state index contributed by atoms with van der Waals surface area (Å²) in [4.78, 5) is 0. The van der Waals surface area contributed by atoms with Crippen molar-refractivity contribution in [1.82, 2.24) is 0 Å². The van der Waals surface area contributed by atoms with Gasteiger partial charge in [0.05, 0.1) is 12.7 Å². The summed E-state index contributed by atoms with van der Waals surface area (Å²) in [5.74, 6) is -0.816. The van der Waals surface area contributed by atoms with Crippen molar-refractivity contribution in [2.75, 3.05) is 12.4 Å².